The summed E-state index contributed by atoms with van der Waals surface area (Å²) >= 11 is 1.34. The first-order chi connectivity index (χ1) is 12.5. The van der Waals surface area contributed by atoms with E-state index in [-0.39, 0.29) is 5.75 Å². The summed E-state index contributed by atoms with van der Waals surface area (Å²) in [6.45, 7) is 0.736. The molecule has 3 N–H and O–H groups in total. The molecule has 2 rings (SSSR count). The minimum atomic E-state index is -2.88. The molecule has 9 heteroatoms. The van der Waals surface area contributed by atoms with Gasteiger partial charge >= 0.3 is 6.61 Å². The summed E-state index contributed by atoms with van der Waals surface area (Å²) in [6, 6.07) is 4.51. The van der Waals surface area contributed by atoms with Crippen LogP contribution in [-0.4, -0.2) is 36.6 Å². The van der Waals surface area contributed by atoms with Gasteiger partial charge in [-0.3, -0.25) is 0 Å². The van der Waals surface area contributed by atoms with Gasteiger partial charge in [-0.1, -0.05) is 24.4 Å². The fraction of sp³-hybridized carbons (Fsp3) is 0.235. The highest BCUT2D eigenvalue weighted by atomic mass is 32.2. The number of halogens is 2. The number of thioether (sulfide) groups is 1. The quantitative estimate of drug-likeness (QED) is 0.389. The number of aromatic nitrogens is 2. The van der Waals surface area contributed by atoms with Gasteiger partial charge in [0.25, 0.3) is 0 Å². The number of fused-ring (bicyclic) bond motifs is 1. The van der Waals surface area contributed by atoms with Crippen LogP contribution in [0.2, 0.25) is 0 Å². The van der Waals surface area contributed by atoms with Crippen LogP contribution in [0, 0.1) is 0 Å². The molecule has 0 amide bonds. The number of benzene rings is 1. The molecule has 2 aromatic rings. The van der Waals surface area contributed by atoms with Crippen LogP contribution in [0.15, 0.2) is 59.3 Å². The second-order valence-corrected chi connectivity index (χ2v) is 5.88. The lowest BCUT2D eigenvalue weighted by Gasteiger charge is -2.12. The Labute approximate surface area is 153 Å². The third kappa shape index (κ3) is 4.92. The summed E-state index contributed by atoms with van der Waals surface area (Å²) in [4.78, 5) is 7.43. The molecule has 140 valence electrons. The van der Waals surface area contributed by atoms with Crippen molar-refractivity contribution in [3.63, 3.8) is 0 Å². The maximum Gasteiger partial charge on any atom is 0.387 e. The Balaban J connectivity index is 2.16. The largest absolute Gasteiger partial charge is 0.493 e. The van der Waals surface area contributed by atoms with E-state index >= 15 is 0 Å². The summed E-state index contributed by atoms with van der Waals surface area (Å²) in [5.74, 6) is 1.29. The van der Waals surface area contributed by atoms with Crippen molar-refractivity contribution in [3.05, 3.63) is 54.1 Å². The fourth-order valence-corrected chi connectivity index (χ4v) is 2.92. The first-order valence-electron chi connectivity index (χ1n) is 7.45. The third-order valence-electron chi connectivity index (χ3n) is 3.23. The van der Waals surface area contributed by atoms with Crippen LogP contribution >= 0.6 is 11.8 Å². The molecule has 1 aromatic heterocycles. The smallest absolute Gasteiger partial charge is 0.387 e. The van der Waals surface area contributed by atoms with Crippen LogP contribution in [0.25, 0.3) is 11.0 Å². The number of alkyl halides is 2. The molecule has 0 saturated heterocycles. The van der Waals surface area contributed by atoms with E-state index in [1.807, 2.05) is 0 Å². The highest BCUT2D eigenvalue weighted by Gasteiger charge is 2.13. The zero-order valence-electron chi connectivity index (χ0n) is 14.3. The molecular weight excluding hydrogens is 364 g/mol. The highest BCUT2D eigenvalue weighted by Crippen LogP contribution is 2.26. The van der Waals surface area contributed by atoms with Crippen molar-refractivity contribution in [1.29, 1.82) is 0 Å². The van der Waals surface area contributed by atoms with E-state index in [2.05, 4.69) is 21.3 Å². The van der Waals surface area contributed by atoms with Crippen LogP contribution < -0.4 is 10.5 Å². The molecule has 0 radical (unpaired) electrons. The van der Waals surface area contributed by atoms with Crippen molar-refractivity contribution >= 4 is 22.8 Å². The Kier molecular flexibility index (Phi) is 6.90. The van der Waals surface area contributed by atoms with Crippen molar-refractivity contribution in [2.24, 2.45) is 5.73 Å². The lowest BCUT2D eigenvalue weighted by atomic mass is 10.3. The summed E-state index contributed by atoms with van der Waals surface area (Å²) in [7, 11) is 3.00. The Morgan fingerprint density at radius 2 is 2.15 bits per heavy atom. The molecule has 0 saturated carbocycles. The number of rotatable bonds is 9. The summed E-state index contributed by atoms with van der Waals surface area (Å²) in [5, 5.41) is 0.583. The van der Waals surface area contributed by atoms with Gasteiger partial charge in [0.2, 0.25) is 0 Å². The molecule has 0 bridgehead atoms. The molecule has 0 aliphatic heterocycles. The number of methoxy groups -OCH3 is 2. The van der Waals surface area contributed by atoms with E-state index in [1.165, 1.54) is 38.1 Å². The van der Waals surface area contributed by atoms with Crippen LogP contribution in [-0.2, 0) is 9.47 Å². The van der Waals surface area contributed by atoms with Gasteiger partial charge in [-0.25, -0.2) is 4.98 Å². The second kappa shape index (κ2) is 9.14. The Morgan fingerprint density at radius 3 is 2.77 bits per heavy atom. The predicted molar refractivity (Wildman–Crippen MR) is 97.0 cm³/mol. The normalized spacial score (nSPS) is 12.9. The molecule has 0 unspecified atom stereocenters. The molecule has 0 fully saturated rings. The van der Waals surface area contributed by atoms with E-state index in [0.29, 0.717) is 39.2 Å². The minimum absolute atomic E-state index is 0.0518. The number of hydrogen-bond donors (Lipinski definition) is 2. The topological polar surface area (TPSA) is 82.4 Å². The van der Waals surface area contributed by atoms with Crippen molar-refractivity contribution < 1.29 is 23.0 Å². The first kappa shape index (κ1) is 19.6. The first-order valence-corrected chi connectivity index (χ1v) is 8.44. The zero-order chi connectivity index (χ0) is 19.1. The van der Waals surface area contributed by atoms with Gasteiger partial charge in [-0.05, 0) is 18.2 Å². The van der Waals surface area contributed by atoms with E-state index in [1.54, 1.807) is 18.2 Å². The summed E-state index contributed by atoms with van der Waals surface area (Å²) in [5.41, 5.74) is 7.76. The number of nitrogens with two attached hydrogens (primary N) is 1. The molecule has 0 aliphatic carbocycles. The number of nitrogens with zero attached hydrogens (tertiary/aromatic N) is 1. The zero-order valence-corrected chi connectivity index (χ0v) is 15.1. The maximum absolute atomic E-state index is 12.3. The van der Waals surface area contributed by atoms with Crippen molar-refractivity contribution in [3.8, 4) is 5.75 Å². The second-order valence-electron chi connectivity index (χ2n) is 4.92. The number of nitrogens with one attached hydrogen (secondary N) is 1. The average molecular weight is 383 g/mol. The van der Waals surface area contributed by atoms with E-state index < -0.39 is 6.61 Å². The molecule has 26 heavy (non-hydrogen) atoms. The Hall–Kier alpha value is -2.68. The van der Waals surface area contributed by atoms with Crippen LogP contribution in [0.4, 0.5) is 8.78 Å². The van der Waals surface area contributed by atoms with E-state index in [9.17, 15) is 8.78 Å². The Bertz CT molecular complexity index is 834. The summed E-state index contributed by atoms with van der Waals surface area (Å²) in [6.07, 6.45) is 3.21. The average Bonchev–Trinajstić information content (AvgIpc) is 3.01. The molecular formula is C17H19F2N3O3S. The van der Waals surface area contributed by atoms with Crippen LogP contribution in [0.5, 0.6) is 5.75 Å². The van der Waals surface area contributed by atoms with Crippen molar-refractivity contribution in [2.45, 2.75) is 11.8 Å². The SMILES string of the molecule is C=C/C=C(OC)\C(OC)=C(/N)CSc1nc2cc(OC(F)F)ccc2[nH]1. The lowest BCUT2D eigenvalue weighted by Crippen LogP contribution is -2.10. The summed E-state index contributed by atoms with van der Waals surface area (Å²) < 4.78 is 39.5. The van der Waals surface area contributed by atoms with E-state index in [0.717, 1.165) is 0 Å². The van der Waals surface area contributed by atoms with Gasteiger partial charge < -0.3 is 24.9 Å². The monoisotopic (exact) mass is 383 g/mol. The van der Waals surface area contributed by atoms with Gasteiger partial charge in [-0.15, -0.1) is 0 Å². The number of hydrogen-bond acceptors (Lipinski definition) is 6. The standard InChI is InChI=1S/C17H19F2N3O3S/c1-4-5-14(23-2)15(24-3)11(20)9-26-17-21-12-7-6-10(25-16(18)19)8-13(12)22-17/h4-8,16H,1,9,20H2,2-3H3,(H,21,22)/b14-5+,15-11+. The minimum Gasteiger partial charge on any atom is -0.493 e. The van der Waals surface area contributed by atoms with E-state index in [4.69, 9.17) is 15.2 Å². The fourth-order valence-electron chi connectivity index (χ4n) is 2.15. The predicted octanol–water partition coefficient (Wildman–Crippen LogP) is 3.79. The number of aromatic amines is 1. The van der Waals surface area contributed by atoms with Gasteiger partial charge in [0.15, 0.2) is 16.7 Å². The molecule has 0 atom stereocenters. The lowest BCUT2D eigenvalue weighted by molar-refractivity contribution is -0.0497. The Morgan fingerprint density at radius 1 is 1.38 bits per heavy atom. The van der Waals surface area contributed by atoms with Gasteiger partial charge in [-0.2, -0.15) is 8.78 Å². The number of ether oxygens (including phenoxy) is 3. The highest BCUT2D eigenvalue weighted by molar-refractivity contribution is 7.99. The molecule has 1 aromatic carbocycles. The maximum atomic E-state index is 12.3. The van der Waals surface area contributed by atoms with Crippen molar-refractivity contribution in [2.75, 3.05) is 20.0 Å². The van der Waals surface area contributed by atoms with Crippen molar-refractivity contribution in [1.82, 2.24) is 9.97 Å². The van der Waals surface area contributed by atoms with Crippen LogP contribution in [0.3, 0.4) is 0 Å². The van der Waals surface area contributed by atoms with Gasteiger partial charge in [0.05, 0.1) is 31.0 Å². The third-order valence-corrected chi connectivity index (χ3v) is 4.15. The molecule has 0 aliphatic rings. The molecule has 0 spiro atoms. The number of H-pyrrole nitrogens is 1. The van der Waals surface area contributed by atoms with Gasteiger partial charge in [0, 0.05) is 11.8 Å². The molecule has 6 nitrogen and oxygen atoms in total. The molecule has 1 heterocycles. The van der Waals surface area contributed by atoms with Crippen LogP contribution in [0.1, 0.15) is 0 Å². The van der Waals surface area contributed by atoms with Gasteiger partial charge in [0.1, 0.15) is 5.75 Å². The number of imidazole rings is 1. The number of allylic oxidation sites excluding steroid dienone is 2.